The molecule has 1 atom stereocenters. The van der Waals surface area contributed by atoms with Crippen LogP contribution in [0.25, 0.3) is 22.2 Å². The zero-order chi connectivity index (χ0) is 24.1. The number of amides is 1. The fourth-order valence-electron chi connectivity index (χ4n) is 3.81. The summed E-state index contributed by atoms with van der Waals surface area (Å²) in [7, 11) is 0. The van der Waals surface area contributed by atoms with Crippen molar-refractivity contribution in [3.63, 3.8) is 0 Å². The minimum atomic E-state index is -0.600. The largest absolute Gasteiger partial charge is 0.452 e. The number of carbonyl (C=O) groups is 2. The number of hydrogen-bond donors (Lipinski definition) is 1. The summed E-state index contributed by atoms with van der Waals surface area (Å²) in [6, 6.07) is 23.9. The maximum Gasteiger partial charge on any atom is 0.339 e. The highest BCUT2D eigenvalue weighted by molar-refractivity contribution is 6.33. The summed E-state index contributed by atoms with van der Waals surface area (Å²) in [5.41, 5.74) is 4.01. The van der Waals surface area contributed by atoms with E-state index >= 15 is 0 Å². The Balaban J connectivity index is 1.56. The van der Waals surface area contributed by atoms with Gasteiger partial charge in [0.15, 0.2) is 6.61 Å². The van der Waals surface area contributed by atoms with Crippen molar-refractivity contribution in [2.24, 2.45) is 0 Å². The molecule has 0 bridgehead atoms. The molecule has 0 aliphatic rings. The number of hydrogen-bond acceptors (Lipinski definition) is 4. The number of anilines is 1. The first kappa shape index (κ1) is 23.5. The lowest BCUT2D eigenvalue weighted by molar-refractivity contribution is -0.119. The smallest absolute Gasteiger partial charge is 0.339 e. The van der Waals surface area contributed by atoms with Crippen molar-refractivity contribution in [1.82, 2.24) is 4.98 Å². The molecule has 34 heavy (non-hydrogen) atoms. The number of aromatic nitrogens is 1. The highest BCUT2D eigenvalue weighted by Gasteiger charge is 2.18. The predicted octanol–water partition coefficient (Wildman–Crippen LogP) is 6.86. The molecule has 1 heterocycles. The molecular formula is C28H25ClN2O3. The molecular weight excluding hydrogens is 448 g/mol. The standard InChI is InChI=1S/C28H25ClN2O3/c1-3-18(2)19-10-5-8-14-24(19)31-27(32)17-34-28(33)22-16-26(21-12-4-7-13-23(21)29)30-25-15-9-6-11-20(22)25/h4-16,18H,3,17H2,1-2H3,(H,31,32). The van der Waals surface area contributed by atoms with Gasteiger partial charge in [-0.15, -0.1) is 0 Å². The van der Waals surface area contributed by atoms with Crippen LogP contribution < -0.4 is 5.32 Å². The van der Waals surface area contributed by atoms with Gasteiger partial charge in [-0.2, -0.15) is 0 Å². The van der Waals surface area contributed by atoms with Gasteiger partial charge in [-0.05, 0) is 42.2 Å². The molecule has 1 unspecified atom stereocenters. The van der Waals surface area contributed by atoms with Crippen LogP contribution in [0.3, 0.4) is 0 Å². The Morgan fingerprint density at radius 3 is 2.50 bits per heavy atom. The number of nitrogens with zero attached hydrogens (tertiary/aromatic N) is 1. The zero-order valence-corrected chi connectivity index (χ0v) is 19.8. The molecule has 0 saturated carbocycles. The topological polar surface area (TPSA) is 68.3 Å². The number of halogens is 1. The van der Waals surface area contributed by atoms with Crippen molar-refractivity contribution in [2.45, 2.75) is 26.2 Å². The van der Waals surface area contributed by atoms with Crippen molar-refractivity contribution in [3.8, 4) is 11.3 Å². The van der Waals surface area contributed by atoms with E-state index in [9.17, 15) is 9.59 Å². The van der Waals surface area contributed by atoms with Crippen molar-refractivity contribution < 1.29 is 14.3 Å². The van der Waals surface area contributed by atoms with E-state index in [2.05, 4.69) is 24.1 Å². The molecule has 172 valence electrons. The molecule has 4 aromatic rings. The summed E-state index contributed by atoms with van der Waals surface area (Å²) in [5, 5.41) is 4.04. The molecule has 1 aromatic heterocycles. The average Bonchev–Trinajstić information content (AvgIpc) is 2.86. The maximum absolute atomic E-state index is 13.0. The SMILES string of the molecule is CCC(C)c1ccccc1NC(=O)COC(=O)c1cc(-c2ccccc2Cl)nc2ccccc12. The van der Waals surface area contributed by atoms with E-state index in [4.69, 9.17) is 16.3 Å². The molecule has 5 nitrogen and oxygen atoms in total. The molecule has 1 amide bonds. The minimum Gasteiger partial charge on any atom is -0.452 e. The van der Waals surface area contributed by atoms with Gasteiger partial charge in [0.25, 0.3) is 5.91 Å². The van der Waals surface area contributed by atoms with Crippen LogP contribution in [0.5, 0.6) is 0 Å². The van der Waals surface area contributed by atoms with Crippen molar-refractivity contribution in [3.05, 3.63) is 95.0 Å². The third-order valence-electron chi connectivity index (χ3n) is 5.80. The molecule has 4 rings (SSSR count). The van der Waals surface area contributed by atoms with Gasteiger partial charge in [-0.3, -0.25) is 4.79 Å². The number of rotatable bonds is 7. The summed E-state index contributed by atoms with van der Waals surface area (Å²) >= 11 is 6.36. The fraction of sp³-hybridized carbons (Fsp3) is 0.179. The van der Waals surface area contributed by atoms with Crippen LogP contribution in [-0.4, -0.2) is 23.5 Å². The van der Waals surface area contributed by atoms with Gasteiger partial charge in [0, 0.05) is 21.7 Å². The highest BCUT2D eigenvalue weighted by atomic mass is 35.5. The molecule has 1 N–H and O–H groups in total. The van der Waals surface area contributed by atoms with Crippen LogP contribution in [-0.2, 0) is 9.53 Å². The Morgan fingerprint density at radius 2 is 1.71 bits per heavy atom. The Morgan fingerprint density at radius 1 is 1.00 bits per heavy atom. The van der Waals surface area contributed by atoms with Gasteiger partial charge >= 0.3 is 5.97 Å². The normalized spacial score (nSPS) is 11.7. The van der Waals surface area contributed by atoms with E-state index in [0.29, 0.717) is 38.7 Å². The highest BCUT2D eigenvalue weighted by Crippen LogP contribution is 2.30. The van der Waals surface area contributed by atoms with Crippen molar-refractivity contribution in [1.29, 1.82) is 0 Å². The molecule has 0 saturated heterocycles. The first-order valence-corrected chi connectivity index (χ1v) is 11.6. The van der Waals surface area contributed by atoms with Crippen molar-refractivity contribution in [2.75, 3.05) is 11.9 Å². The van der Waals surface area contributed by atoms with E-state index in [1.54, 1.807) is 18.2 Å². The van der Waals surface area contributed by atoms with Gasteiger partial charge in [-0.25, -0.2) is 9.78 Å². The molecule has 3 aromatic carbocycles. The van der Waals surface area contributed by atoms with E-state index < -0.39 is 18.5 Å². The van der Waals surface area contributed by atoms with Crippen LogP contribution in [0.15, 0.2) is 78.9 Å². The van der Waals surface area contributed by atoms with Crippen LogP contribution in [0, 0.1) is 0 Å². The molecule has 0 aliphatic heterocycles. The van der Waals surface area contributed by atoms with E-state index in [1.165, 1.54) is 0 Å². The molecule has 0 aliphatic carbocycles. The predicted molar refractivity (Wildman–Crippen MR) is 136 cm³/mol. The van der Waals surface area contributed by atoms with Gasteiger partial charge in [-0.1, -0.05) is 80.0 Å². The fourth-order valence-corrected chi connectivity index (χ4v) is 4.04. The lowest BCUT2D eigenvalue weighted by atomic mass is 9.97. The number of esters is 1. The average molecular weight is 473 g/mol. The first-order chi connectivity index (χ1) is 16.5. The maximum atomic E-state index is 13.0. The monoisotopic (exact) mass is 472 g/mol. The molecule has 6 heteroatoms. The zero-order valence-electron chi connectivity index (χ0n) is 19.0. The number of carbonyl (C=O) groups excluding carboxylic acids is 2. The second-order valence-corrected chi connectivity index (χ2v) is 8.48. The van der Waals surface area contributed by atoms with Crippen LogP contribution >= 0.6 is 11.6 Å². The van der Waals surface area contributed by atoms with E-state index in [-0.39, 0.29) is 0 Å². The summed E-state index contributed by atoms with van der Waals surface area (Å²) in [4.78, 5) is 30.3. The lowest BCUT2D eigenvalue weighted by Gasteiger charge is -2.16. The Kier molecular flexibility index (Phi) is 7.24. The van der Waals surface area contributed by atoms with Crippen molar-refractivity contribution >= 4 is 40.1 Å². The Hall–Kier alpha value is -3.70. The summed E-state index contributed by atoms with van der Waals surface area (Å²) in [6.45, 7) is 3.81. The second kappa shape index (κ2) is 10.5. The number of ether oxygens (including phenoxy) is 1. The molecule has 0 fully saturated rings. The second-order valence-electron chi connectivity index (χ2n) is 8.07. The summed E-state index contributed by atoms with van der Waals surface area (Å²) in [5.74, 6) is -0.698. The van der Waals surface area contributed by atoms with Crippen LogP contribution in [0.2, 0.25) is 5.02 Å². The van der Waals surface area contributed by atoms with E-state index in [1.807, 2.05) is 60.7 Å². The van der Waals surface area contributed by atoms with Gasteiger partial charge in [0.05, 0.1) is 16.8 Å². The molecule has 0 spiro atoms. The van der Waals surface area contributed by atoms with Gasteiger partial charge in [0.1, 0.15) is 0 Å². The molecule has 0 radical (unpaired) electrons. The van der Waals surface area contributed by atoms with Crippen LogP contribution in [0.4, 0.5) is 5.69 Å². The first-order valence-electron chi connectivity index (χ1n) is 11.2. The quantitative estimate of drug-likeness (QED) is 0.298. The van der Waals surface area contributed by atoms with Crippen LogP contribution in [0.1, 0.15) is 42.1 Å². The lowest BCUT2D eigenvalue weighted by Crippen LogP contribution is -2.22. The van der Waals surface area contributed by atoms with Gasteiger partial charge < -0.3 is 10.1 Å². The number of nitrogens with one attached hydrogen (secondary N) is 1. The Bertz CT molecular complexity index is 1350. The number of benzene rings is 3. The summed E-state index contributed by atoms with van der Waals surface area (Å²) < 4.78 is 5.41. The third kappa shape index (κ3) is 5.10. The number of para-hydroxylation sites is 2. The van der Waals surface area contributed by atoms with E-state index in [0.717, 1.165) is 17.7 Å². The number of pyridine rings is 1. The minimum absolute atomic E-state index is 0.297. The van der Waals surface area contributed by atoms with Gasteiger partial charge in [0.2, 0.25) is 0 Å². The number of fused-ring (bicyclic) bond motifs is 1. The Labute approximate surface area is 203 Å². The third-order valence-corrected chi connectivity index (χ3v) is 6.13. The summed E-state index contributed by atoms with van der Waals surface area (Å²) in [6.07, 6.45) is 0.949.